The monoisotopic (exact) mass is 658 g/mol. The van der Waals surface area contributed by atoms with Crippen LogP contribution >= 0.6 is 0 Å². The molecule has 0 aliphatic heterocycles. The third kappa shape index (κ3) is 4.20. The first kappa shape index (κ1) is 23.3. The molecule has 238 valence electrons. The molecule has 0 saturated heterocycles. The maximum Gasteiger partial charge on any atom is 0.238 e. The van der Waals surface area contributed by atoms with E-state index in [1.54, 1.807) is 4.57 Å². The van der Waals surface area contributed by atoms with E-state index in [0.717, 1.165) is 71.2 Å². The van der Waals surface area contributed by atoms with Gasteiger partial charge in [-0.3, -0.25) is 4.57 Å². The van der Waals surface area contributed by atoms with Crippen LogP contribution in [0.15, 0.2) is 168 Å². The molecule has 6 heteroatoms. The van der Waals surface area contributed by atoms with Gasteiger partial charge in [0.25, 0.3) is 0 Å². The number of aromatic nitrogens is 5. The lowest BCUT2D eigenvalue weighted by Crippen LogP contribution is -2.06. The van der Waals surface area contributed by atoms with Gasteiger partial charge in [0.2, 0.25) is 5.95 Å². The summed E-state index contributed by atoms with van der Waals surface area (Å²) in [5, 5.41) is 5.59. The van der Waals surface area contributed by atoms with Crippen LogP contribution < -0.4 is 0 Å². The van der Waals surface area contributed by atoms with Crippen LogP contribution in [0.1, 0.15) is 6.85 Å². The standard InChI is InChI=1S/C45H27N5O/c1-3-13-28(14-4-1)43-46-44(29-23-24-34-33-19-9-12-22-41(33)51-42(34)25-29)48-45(47-43)50-38-21-11-8-18-32(38)36-26-39-35(27-40(36)50)31-17-7-10-20-37(31)49(39)30-15-5-2-6-16-30/h1-27H/i2D,5D,6D,15D,16D. The van der Waals surface area contributed by atoms with Crippen molar-refractivity contribution < 1.29 is 11.3 Å². The van der Waals surface area contributed by atoms with Crippen molar-refractivity contribution in [3.63, 3.8) is 0 Å². The molecule has 0 bridgehead atoms. The van der Waals surface area contributed by atoms with Crippen LogP contribution in [0.25, 0.3) is 100.0 Å². The van der Waals surface area contributed by atoms with Crippen molar-refractivity contribution in [2.24, 2.45) is 0 Å². The van der Waals surface area contributed by atoms with Gasteiger partial charge < -0.3 is 8.98 Å². The summed E-state index contributed by atoms with van der Waals surface area (Å²) in [6.07, 6.45) is 0. The Kier molecular flexibility index (Phi) is 4.91. The molecule has 6 nitrogen and oxygen atoms in total. The quantitative estimate of drug-likeness (QED) is 0.189. The smallest absolute Gasteiger partial charge is 0.238 e. The molecular formula is C45H27N5O. The second-order valence-electron chi connectivity index (χ2n) is 12.5. The molecule has 51 heavy (non-hydrogen) atoms. The molecule has 11 rings (SSSR count). The second-order valence-corrected chi connectivity index (χ2v) is 12.5. The van der Waals surface area contributed by atoms with Crippen molar-refractivity contribution in [1.29, 1.82) is 0 Å². The fourth-order valence-electron chi connectivity index (χ4n) is 7.42. The molecular weight excluding hydrogens is 627 g/mol. The topological polar surface area (TPSA) is 61.7 Å². The first-order valence-electron chi connectivity index (χ1n) is 19.1. The van der Waals surface area contributed by atoms with Crippen molar-refractivity contribution in [1.82, 2.24) is 24.1 Å². The van der Waals surface area contributed by atoms with Gasteiger partial charge in [0.15, 0.2) is 11.6 Å². The van der Waals surface area contributed by atoms with Crippen molar-refractivity contribution in [3.8, 4) is 34.4 Å². The van der Waals surface area contributed by atoms with Crippen molar-refractivity contribution in [3.05, 3.63) is 164 Å². The van der Waals surface area contributed by atoms with Crippen molar-refractivity contribution >= 4 is 65.6 Å². The number of benzene rings is 7. The van der Waals surface area contributed by atoms with Crippen molar-refractivity contribution in [2.75, 3.05) is 0 Å². The number of hydrogen-bond acceptors (Lipinski definition) is 4. The van der Waals surface area contributed by atoms with Gasteiger partial charge in [-0.05, 0) is 54.5 Å². The first-order chi connectivity index (χ1) is 27.4. The van der Waals surface area contributed by atoms with E-state index in [2.05, 4.69) is 16.7 Å². The summed E-state index contributed by atoms with van der Waals surface area (Å²) in [4.78, 5) is 15.3. The molecule has 11 aromatic rings. The van der Waals surface area contributed by atoms with Crippen LogP contribution in [0.2, 0.25) is 0 Å². The summed E-state index contributed by atoms with van der Waals surface area (Å²) in [7, 11) is 0. The van der Waals surface area contributed by atoms with Crippen LogP contribution in [-0.2, 0) is 0 Å². The van der Waals surface area contributed by atoms with E-state index in [9.17, 15) is 0 Å². The molecule has 0 radical (unpaired) electrons. The molecule has 0 fully saturated rings. The summed E-state index contributed by atoms with van der Waals surface area (Å²) in [6.45, 7) is 0. The summed E-state index contributed by atoms with van der Waals surface area (Å²) in [5.74, 6) is 1.43. The molecule has 0 aliphatic carbocycles. The average molecular weight is 659 g/mol. The number of furan rings is 1. The van der Waals surface area contributed by atoms with Gasteiger partial charge in [-0.25, -0.2) is 4.98 Å². The van der Waals surface area contributed by atoms with E-state index in [1.165, 1.54) is 0 Å². The van der Waals surface area contributed by atoms with Gasteiger partial charge in [-0.2, -0.15) is 9.97 Å². The Labute approximate surface area is 298 Å². The van der Waals surface area contributed by atoms with E-state index in [-0.39, 0.29) is 29.9 Å². The predicted octanol–water partition coefficient (Wildman–Crippen LogP) is 11.3. The Hall–Kier alpha value is -7.05. The van der Waals surface area contributed by atoms with E-state index in [4.69, 9.17) is 26.2 Å². The lowest BCUT2D eigenvalue weighted by atomic mass is 10.1. The highest BCUT2D eigenvalue weighted by atomic mass is 16.3. The molecule has 0 aliphatic rings. The second kappa shape index (κ2) is 10.7. The molecule has 0 unspecified atom stereocenters. The Morgan fingerprint density at radius 1 is 0.431 bits per heavy atom. The highest BCUT2D eigenvalue weighted by Crippen LogP contribution is 2.40. The lowest BCUT2D eigenvalue weighted by molar-refractivity contribution is 0.669. The van der Waals surface area contributed by atoms with Gasteiger partial charge in [-0.1, -0.05) is 109 Å². The number of para-hydroxylation sites is 4. The third-order valence-corrected chi connectivity index (χ3v) is 9.67. The summed E-state index contributed by atoms with van der Waals surface area (Å²) < 4.78 is 53.1. The average Bonchev–Trinajstić information content (AvgIpc) is 3.89. The van der Waals surface area contributed by atoms with E-state index >= 15 is 0 Å². The van der Waals surface area contributed by atoms with Gasteiger partial charge in [0.05, 0.1) is 28.9 Å². The minimum Gasteiger partial charge on any atom is -0.456 e. The minimum absolute atomic E-state index is 0.0984. The molecule has 4 aromatic heterocycles. The Morgan fingerprint density at radius 3 is 1.76 bits per heavy atom. The predicted molar refractivity (Wildman–Crippen MR) is 207 cm³/mol. The first-order valence-corrected chi connectivity index (χ1v) is 16.6. The number of nitrogens with zero attached hydrogens (tertiary/aromatic N) is 5. The highest BCUT2D eigenvalue weighted by molar-refractivity contribution is 6.19. The fraction of sp³-hybridized carbons (Fsp3) is 0. The zero-order chi connectivity index (χ0) is 37.8. The lowest BCUT2D eigenvalue weighted by Gasteiger charge is -2.11. The molecule has 0 amide bonds. The fourth-order valence-corrected chi connectivity index (χ4v) is 7.42. The maximum atomic E-state index is 8.90. The molecule has 4 heterocycles. The molecule has 0 atom stereocenters. The van der Waals surface area contributed by atoms with Gasteiger partial charge in [0.1, 0.15) is 11.2 Å². The summed E-state index contributed by atoms with van der Waals surface area (Å²) >= 11 is 0. The van der Waals surface area contributed by atoms with E-state index < -0.39 is 6.04 Å². The maximum absolute atomic E-state index is 8.90. The van der Waals surface area contributed by atoms with Gasteiger partial charge in [0, 0.05) is 49.1 Å². The SMILES string of the molecule is [2H]c1c([2H])c([2H])c(-n2c3ccccc3c3cc4c(cc32)c2ccccc2n4-c2nc(-c3ccccc3)nc(-c3ccc4c(c3)oc3ccccc34)n2)c([2H])c1[2H]. The van der Waals surface area contributed by atoms with Crippen molar-refractivity contribution in [2.45, 2.75) is 0 Å². The van der Waals surface area contributed by atoms with Gasteiger partial charge >= 0.3 is 0 Å². The molecule has 0 N–H and O–H groups in total. The zero-order valence-corrected chi connectivity index (χ0v) is 26.8. The highest BCUT2D eigenvalue weighted by Gasteiger charge is 2.21. The van der Waals surface area contributed by atoms with E-state index in [1.807, 2.05) is 121 Å². The minimum atomic E-state index is -0.431. The van der Waals surface area contributed by atoms with Crippen LogP contribution in [0.3, 0.4) is 0 Å². The van der Waals surface area contributed by atoms with Gasteiger partial charge in [-0.15, -0.1) is 0 Å². The number of hydrogen-bond donors (Lipinski definition) is 0. The number of rotatable bonds is 4. The third-order valence-electron chi connectivity index (χ3n) is 9.67. The normalized spacial score (nSPS) is 13.3. The van der Waals surface area contributed by atoms with Crippen LogP contribution in [-0.4, -0.2) is 24.1 Å². The Bertz CT molecular complexity index is 3410. The van der Waals surface area contributed by atoms with Crippen LogP contribution in [0.5, 0.6) is 0 Å². The number of fused-ring (bicyclic) bond motifs is 9. The molecule has 7 aromatic carbocycles. The molecule has 0 spiro atoms. The van der Waals surface area contributed by atoms with Crippen LogP contribution in [0.4, 0.5) is 0 Å². The zero-order valence-electron chi connectivity index (χ0n) is 31.8. The van der Waals surface area contributed by atoms with E-state index in [0.29, 0.717) is 23.1 Å². The Balaban J connectivity index is 1.22. The summed E-state index contributed by atoms with van der Waals surface area (Å²) in [6, 6.07) is 42.0. The molecule has 0 saturated carbocycles. The Morgan fingerprint density at radius 2 is 1.02 bits per heavy atom. The van der Waals surface area contributed by atoms with Crippen LogP contribution in [0, 0.1) is 0 Å². The summed E-state index contributed by atoms with van der Waals surface area (Å²) in [5.41, 5.74) is 6.41. The largest absolute Gasteiger partial charge is 0.456 e.